The normalized spacial score (nSPS) is 10.5. The monoisotopic (exact) mass is 402 g/mol. The molecule has 4 nitrogen and oxygen atoms in total. The summed E-state index contributed by atoms with van der Waals surface area (Å²) in [5, 5.41) is 3.05. The third-order valence-corrected chi connectivity index (χ3v) is 4.97. The van der Waals surface area contributed by atoms with Gasteiger partial charge in [0, 0.05) is 19.6 Å². The average molecular weight is 403 g/mol. The van der Waals surface area contributed by atoms with Crippen molar-refractivity contribution in [2.24, 2.45) is 0 Å². The molecule has 30 heavy (non-hydrogen) atoms. The Bertz CT molecular complexity index is 865. The summed E-state index contributed by atoms with van der Waals surface area (Å²) in [5.74, 6) is 0.943. The van der Waals surface area contributed by atoms with Crippen molar-refractivity contribution < 1.29 is 9.53 Å². The number of carbonyl (C=O) groups is 1. The van der Waals surface area contributed by atoms with Gasteiger partial charge in [0.2, 0.25) is 0 Å². The third kappa shape index (κ3) is 6.38. The van der Waals surface area contributed by atoms with Crippen LogP contribution in [0.15, 0.2) is 78.9 Å². The molecule has 0 radical (unpaired) electrons. The maximum atomic E-state index is 12.9. The molecule has 0 spiro atoms. The second kappa shape index (κ2) is 11.1. The van der Waals surface area contributed by atoms with Crippen LogP contribution in [0.2, 0.25) is 0 Å². The summed E-state index contributed by atoms with van der Waals surface area (Å²) in [4.78, 5) is 14.7. The molecule has 0 saturated carbocycles. The van der Waals surface area contributed by atoms with E-state index >= 15 is 0 Å². The number of nitrogens with one attached hydrogen (secondary N) is 1. The molecule has 0 aliphatic rings. The Balaban J connectivity index is 1.52. The Morgan fingerprint density at radius 2 is 1.33 bits per heavy atom. The van der Waals surface area contributed by atoms with E-state index in [2.05, 4.69) is 31.3 Å². The molecule has 0 aromatic heterocycles. The Kier molecular flexibility index (Phi) is 7.90. The van der Waals surface area contributed by atoms with Gasteiger partial charge in [-0.2, -0.15) is 0 Å². The topological polar surface area (TPSA) is 41.6 Å². The summed E-state index contributed by atoms with van der Waals surface area (Å²) < 4.78 is 5.94. The fraction of sp³-hybridized carbons (Fsp3) is 0.269. The number of para-hydroxylation sites is 1. The number of carbonyl (C=O) groups excluding carboxylic acids is 1. The molecule has 0 unspecified atom stereocenters. The Labute approximate surface area is 179 Å². The van der Waals surface area contributed by atoms with Gasteiger partial charge in [-0.25, -0.2) is 4.79 Å². The van der Waals surface area contributed by atoms with E-state index in [-0.39, 0.29) is 6.03 Å². The van der Waals surface area contributed by atoms with Crippen molar-refractivity contribution in [1.29, 1.82) is 0 Å². The lowest BCUT2D eigenvalue weighted by atomic mass is 10.1. The first-order valence-corrected chi connectivity index (χ1v) is 10.4. The van der Waals surface area contributed by atoms with Crippen LogP contribution in [0.3, 0.4) is 0 Å². The molecule has 2 amide bonds. The molecule has 0 aliphatic heterocycles. The highest BCUT2D eigenvalue weighted by Crippen LogP contribution is 2.22. The number of rotatable bonds is 9. The molecule has 156 valence electrons. The van der Waals surface area contributed by atoms with Crippen molar-refractivity contribution in [3.05, 3.63) is 101 Å². The minimum absolute atomic E-state index is 0.0604. The van der Waals surface area contributed by atoms with E-state index in [1.54, 1.807) is 0 Å². The van der Waals surface area contributed by atoms with Crippen LogP contribution in [0.4, 0.5) is 4.79 Å². The number of benzene rings is 3. The molecule has 0 atom stereocenters. The quantitative estimate of drug-likeness (QED) is 0.481. The fourth-order valence-corrected chi connectivity index (χ4v) is 3.39. The predicted octanol–water partition coefficient (Wildman–Crippen LogP) is 5.48. The van der Waals surface area contributed by atoms with Crippen LogP contribution in [0, 0.1) is 13.8 Å². The highest BCUT2D eigenvalue weighted by Gasteiger charge is 2.14. The van der Waals surface area contributed by atoms with Crippen LogP contribution in [-0.4, -0.2) is 24.1 Å². The molecule has 0 bridgehead atoms. The third-order valence-electron chi connectivity index (χ3n) is 4.97. The molecule has 4 heteroatoms. The molecule has 3 rings (SSSR count). The fourth-order valence-electron chi connectivity index (χ4n) is 3.39. The summed E-state index contributed by atoms with van der Waals surface area (Å²) >= 11 is 0. The maximum Gasteiger partial charge on any atom is 0.318 e. The first kappa shape index (κ1) is 21.4. The molecule has 0 fully saturated rings. The predicted molar refractivity (Wildman–Crippen MR) is 122 cm³/mol. The second-order valence-electron chi connectivity index (χ2n) is 7.48. The largest absolute Gasteiger partial charge is 0.493 e. The molecule has 0 heterocycles. The van der Waals surface area contributed by atoms with Gasteiger partial charge in [-0.15, -0.1) is 0 Å². The van der Waals surface area contributed by atoms with Crippen LogP contribution in [0.1, 0.15) is 28.7 Å². The summed E-state index contributed by atoms with van der Waals surface area (Å²) in [5.41, 5.74) is 4.50. The summed E-state index contributed by atoms with van der Waals surface area (Å²) in [6.07, 6.45) is 0.754. The van der Waals surface area contributed by atoms with Gasteiger partial charge in [-0.3, -0.25) is 0 Å². The van der Waals surface area contributed by atoms with E-state index in [4.69, 9.17) is 4.74 Å². The smallest absolute Gasteiger partial charge is 0.318 e. The number of aryl methyl sites for hydroxylation is 2. The summed E-state index contributed by atoms with van der Waals surface area (Å²) in [7, 11) is 0. The molecule has 0 aliphatic carbocycles. The lowest BCUT2D eigenvalue weighted by Crippen LogP contribution is -2.39. The second-order valence-corrected chi connectivity index (χ2v) is 7.48. The van der Waals surface area contributed by atoms with Crippen LogP contribution in [-0.2, 0) is 13.1 Å². The standard InChI is InChI=1S/C26H30N2O2/c1-21-11-9-12-22(2)25(21)30-18-10-17-27-26(29)28(19-23-13-5-3-6-14-23)20-24-15-7-4-8-16-24/h3-9,11-16H,10,17-20H2,1-2H3,(H,27,29). The van der Waals surface area contributed by atoms with E-state index in [0.717, 1.165) is 34.4 Å². The van der Waals surface area contributed by atoms with E-state index in [0.29, 0.717) is 26.2 Å². The number of nitrogens with zero attached hydrogens (tertiary/aromatic N) is 1. The van der Waals surface area contributed by atoms with Gasteiger partial charge in [-0.1, -0.05) is 78.9 Å². The van der Waals surface area contributed by atoms with E-state index < -0.39 is 0 Å². The van der Waals surface area contributed by atoms with Crippen molar-refractivity contribution in [2.75, 3.05) is 13.2 Å². The van der Waals surface area contributed by atoms with Gasteiger partial charge >= 0.3 is 6.03 Å². The Hall–Kier alpha value is -3.27. The highest BCUT2D eigenvalue weighted by molar-refractivity contribution is 5.74. The van der Waals surface area contributed by atoms with Crippen molar-refractivity contribution in [3.63, 3.8) is 0 Å². The zero-order valence-corrected chi connectivity index (χ0v) is 17.8. The number of ether oxygens (including phenoxy) is 1. The average Bonchev–Trinajstić information content (AvgIpc) is 2.76. The van der Waals surface area contributed by atoms with Crippen LogP contribution < -0.4 is 10.1 Å². The van der Waals surface area contributed by atoms with Gasteiger partial charge in [0.1, 0.15) is 5.75 Å². The van der Waals surface area contributed by atoms with E-state index in [9.17, 15) is 4.79 Å². The maximum absolute atomic E-state index is 12.9. The lowest BCUT2D eigenvalue weighted by molar-refractivity contribution is 0.191. The molecule has 3 aromatic carbocycles. The molecule has 0 saturated heterocycles. The minimum atomic E-state index is -0.0604. The van der Waals surface area contributed by atoms with Crippen molar-refractivity contribution in [1.82, 2.24) is 10.2 Å². The van der Waals surface area contributed by atoms with Crippen LogP contribution >= 0.6 is 0 Å². The van der Waals surface area contributed by atoms with Crippen LogP contribution in [0.5, 0.6) is 5.75 Å². The summed E-state index contributed by atoms with van der Waals surface area (Å²) in [6.45, 7) is 6.39. The lowest BCUT2D eigenvalue weighted by Gasteiger charge is -2.23. The van der Waals surface area contributed by atoms with Crippen molar-refractivity contribution in [3.8, 4) is 5.75 Å². The first-order valence-electron chi connectivity index (χ1n) is 10.4. The highest BCUT2D eigenvalue weighted by atomic mass is 16.5. The zero-order valence-electron chi connectivity index (χ0n) is 17.8. The summed E-state index contributed by atoms with van der Waals surface area (Å²) in [6, 6.07) is 26.2. The molecule has 1 N–H and O–H groups in total. The van der Waals surface area contributed by atoms with Gasteiger partial charge in [0.05, 0.1) is 6.61 Å². The number of amides is 2. The molecular weight excluding hydrogens is 372 g/mol. The van der Waals surface area contributed by atoms with Gasteiger partial charge in [0.25, 0.3) is 0 Å². The molecule has 3 aromatic rings. The number of hydrogen-bond donors (Lipinski definition) is 1. The van der Waals surface area contributed by atoms with Crippen molar-refractivity contribution in [2.45, 2.75) is 33.4 Å². The zero-order chi connectivity index (χ0) is 21.2. The van der Waals surface area contributed by atoms with Gasteiger partial charge in [-0.05, 0) is 42.5 Å². The minimum Gasteiger partial charge on any atom is -0.493 e. The number of hydrogen-bond acceptors (Lipinski definition) is 2. The van der Waals surface area contributed by atoms with Crippen molar-refractivity contribution >= 4 is 6.03 Å². The van der Waals surface area contributed by atoms with Crippen LogP contribution in [0.25, 0.3) is 0 Å². The molecular formula is C26H30N2O2. The Morgan fingerprint density at radius 1 is 0.800 bits per heavy atom. The van der Waals surface area contributed by atoms with E-state index in [1.165, 1.54) is 0 Å². The first-order chi connectivity index (χ1) is 14.6. The number of urea groups is 1. The van der Waals surface area contributed by atoms with E-state index in [1.807, 2.05) is 71.6 Å². The Morgan fingerprint density at radius 3 is 1.87 bits per heavy atom. The SMILES string of the molecule is Cc1cccc(C)c1OCCCNC(=O)N(Cc1ccccc1)Cc1ccccc1. The van der Waals surface area contributed by atoms with Gasteiger partial charge < -0.3 is 15.0 Å². The van der Waals surface area contributed by atoms with Gasteiger partial charge in [0.15, 0.2) is 0 Å².